The fraction of sp³-hybridized carbons (Fsp3) is 0.520. The van der Waals surface area contributed by atoms with Gasteiger partial charge in [0, 0.05) is 17.4 Å². The van der Waals surface area contributed by atoms with E-state index in [2.05, 4.69) is 9.71 Å². The standard InChI is InChI=1S/C25H29F2N3O2S/c1-3-33-29-22-20(30(15-25(22,26)27)23(31)24-12-17(13-24)14-24)11-16-6-4-7-18(10-16)19-8-5-9-21(28-19)32-2/h4-10,17,20,22,29H,3,11-15H2,1-2H3/t17?,20-,22+,24?/m0/s1. The third-order valence-electron chi connectivity index (χ3n) is 7.33. The van der Waals surface area contributed by atoms with E-state index in [1.807, 2.05) is 43.3 Å². The van der Waals surface area contributed by atoms with Gasteiger partial charge in [-0.05, 0) is 49.3 Å². The maximum atomic E-state index is 15.2. The van der Waals surface area contributed by atoms with E-state index < -0.39 is 24.6 Å². The summed E-state index contributed by atoms with van der Waals surface area (Å²) in [5.74, 6) is -1.24. The Labute approximate surface area is 197 Å². The van der Waals surface area contributed by atoms with Gasteiger partial charge >= 0.3 is 0 Å². The van der Waals surface area contributed by atoms with Gasteiger partial charge in [-0.15, -0.1) is 0 Å². The lowest BCUT2D eigenvalue weighted by Crippen LogP contribution is -2.62. The number of nitrogens with one attached hydrogen (secondary N) is 1. The number of benzene rings is 1. The number of likely N-dealkylation sites (tertiary alicyclic amines) is 1. The number of rotatable bonds is 8. The van der Waals surface area contributed by atoms with E-state index >= 15 is 8.78 Å². The molecule has 1 amide bonds. The van der Waals surface area contributed by atoms with Gasteiger partial charge in [0.05, 0.1) is 30.8 Å². The summed E-state index contributed by atoms with van der Waals surface area (Å²) in [7, 11) is 1.57. The molecule has 3 saturated carbocycles. The van der Waals surface area contributed by atoms with E-state index in [1.165, 1.54) is 16.8 Å². The number of methoxy groups -OCH3 is 1. The topological polar surface area (TPSA) is 54.5 Å². The van der Waals surface area contributed by atoms with Crippen LogP contribution >= 0.6 is 11.9 Å². The average molecular weight is 474 g/mol. The molecular weight excluding hydrogens is 444 g/mol. The van der Waals surface area contributed by atoms with Crippen molar-refractivity contribution in [3.05, 3.63) is 48.0 Å². The lowest BCUT2D eigenvalue weighted by Gasteiger charge is -2.61. The van der Waals surface area contributed by atoms with Crippen LogP contribution in [0.3, 0.4) is 0 Å². The molecule has 0 radical (unpaired) electrons. The van der Waals surface area contributed by atoms with E-state index in [4.69, 9.17) is 4.74 Å². The van der Waals surface area contributed by atoms with Crippen LogP contribution in [-0.4, -0.2) is 53.2 Å². The minimum atomic E-state index is -2.97. The predicted octanol–water partition coefficient (Wildman–Crippen LogP) is 4.57. The van der Waals surface area contributed by atoms with Crippen LogP contribution in [0.5, 0.6) is 5.88 Å². The van der Waals surface area contributed by atoms with Crippen LogP contribution in [-0.2, 0) is 11.2 Å². The number of alkyl halides is 2. The van der Waals surface area contributed by atoms with Crippen LogP contribution in [0.25, 0.3) is 11.3 Å². The van der Waals surface area contributed by atoms with Crippen molar-refractivity contribution in [2.75, 3.05) is 19.4 Å². The molecule has 1 aromatic carbocycles. The van der Waals surface area contributed by atoms with Crippen LogP contribution in [0.1, 0.15) is 31.7 Å². The second-order valence-electron chi connectivity index (χ2n) is 9.52. The van der Waals surface area contributed by atoms with Crippen molar-refractivity contribution in [3.8, 4) is 17.1 Å². The number of aromatic nitrogens is 1. The first-order valence-corrected chi connectivity index (χ1v) is 12.5. The molecule has 4 fully saturated rings. The molecule has 2 atom stereocenters. The van der Waals surface area contributed by atoms with Crippen LogP contribution in [0.15, 0.2) is 42.5 Å². The van der Waals surface area contributed by atoms with Gasteiger partial charge in [-0.1, -0.05) is 43.1 Å². The number of hydrogen-bond donors (Lipinski definition) is 1. The number of carbonyl (C=O) groups excluding carboxylic acids is 1. The van der Waals surface area contributed by atoms with Gasteiger partial charge in [0.2, 0.25) is 11.8 Å². The van der Waals surface area contributed by atoms with Crippen LogP contribution < -0.4 is 9.46 Å². The minimum Gasteiger partial charge on any atom is -0.481 e. The highest BCUT2D eigenvalue weighted by Crippen LogP contribution is 2.65. The first-order chi connectivity index (χ1) is 15.8. The highest BCUT2D eigenvalue weighted by molar-refractivity contribution is 7.97. The van der Waals surface area contributed by atoms with Crippen molar-refractivity contribution in [1.82, 2.24) is 14.6 Å². The molecule has 2 heterocycles. The Kier molecular flexibility index (Phi) is 5.85. The summed E-state index contributed by atoms with van der Waals surface area (Å²) < 4.78 is 38.5. The SMILES string of the molecule is CCSN[C@@H]1[C@H](Cc2cccc(-c3cccc(OC)n3)c2)N(C(=O)C23CC(C2)C3)CC1(F)F. The zero-order chi connectivity index (χ0) is 23.2. The fourth-order valence-corrected chi connectivity index (χ4v) is 6.20. The number of nitrogens with zero attached hydrogens (tertiary/aromatic N) is 2. The van der Waals surface area contributed by atoms with Gasteiger partial charge in [-0.3, -0.25) is 9.52 Å². The molecule has 1 N–H and O–H groups in total. The summed E-state index contributed by atoms with van der Waals surface area (Å²) >= 11 is 1.29. The van der Waals surface area contributed by atoms with Crippen LogP contribution in [0, 0.1) is 11.3 Å². The van der Waals surface area contributed by atoms with Gasteiger partial charge in [-0.2, -0.15) is 0 Å². The second-order valence-corrected chi connectivity index (χ2v) is 10.6. The summed E-state index contributed by atoms with van der Waals surface area (Å²) in [5, 5.41) is 0. The molecular formula is C25H29F2N3O2S. The van der Waals surface area contributed by atoms with Crippen molar-refractivity contribution in [1.29, 1.82) is 0 Å². The number of ether oxygens (including phenoxy) is 1. The van der Waals surface area contributed by atoms with Crippen molar-refractivity contribution < 1.29 is 18.3 Å². The highest BCUT2D eigenvalue weighted by Gasteiger charge is 2.66. The van der Waals surface area contributed by atoms with Gasteiger partial charge in [0.25, 0.3) is 5.92 Å². The smallest absolute Gasteiger partial charge is 0.283 e. The third-order valence-corrected chi connectivity index (χ3v) is 8.04. The zero-order valence-corrected chi connectivity index (χ0v) is 19.7. The van der Waals surface area contributed by atoms with Gasteiger partial charge in [0.1, 0.15) is 6.04 Å². The molecule has 1 saturated heterocycles. The maximum Gasteiger partial charge on any atom is 0.283 e. The first kappa shape index (κ1) is 22.6. The number of pyridine rings is 1. The third kappa shape index (κ3) is 4.01. The Morgan fingerprint density at radius 3 is 2.67 bits per heavy atom. The largest absolute Gasteiger partial charge is 0.481 e. The summed E-state index contributed by atoms with van der Waals surface area (Å²) in [4.78, 5) is 19.4. The number of carbonyl (C=O) groups is 1. The molecule has 1 aromatic heterocycles. The van der Waals surface area contributed by atoms with Crippen LogP contribution in [0.2, 0.25) is 0 Å². The summed E-state index contributed by atoms with van der Waals surface area (Å²) in [5.41, 5.74) is 2.17. The Morgan fingerprint density at radius 1 is 1.24 bits per heavy atom. The molecule has 4 aliphatic rings. The monoisotopic (exact) mass is 473 g/mol. The lowest BCUT2D eigenvalue weighted by molar-refractivity contribution is -0.178. The van der Waals surface area contributed by atoms with E-state index in [-0.39, 0.29) is 11.3 Å². The normalized spacial score (nSPS) is 29.3. The average Bonchev–Trinajstić information content (AvgIpc) is 3.00. The van der Waals surface area contributed by atoms with Crippen LogP contribution in [0.4, 0.5) is 8.78 Å². The van der Waals surface area contributed by atoms with Gasteiger partial charge in [-0.25, -0.2) is 13.8 Å². The Hall–Kier alpha value is -2.19. The quantitative estimate of drug-likeness (QED) is 0.569. The highest BCUT2D eigenvalue weighted by atomic mass is 32.2. The predicted molar refractivity (Wildman–Crippen MR) is 125 cm³/mol. The maximum absolute atomic E-state index is 15.2. The first-order valence-electron chi connectivity index (χ1n) is 11.5. The van der Waals surface area contributed by atoms with Crippen molar-refractivity contribution in [2.24, 2.45) is 11.3 Å². The van der Waals surface area contributed by atoms with Crippen molar-refractivity contribution in [3.63, 3.8) is 0 Å². The molecule has 1 aliphatic heterocycles. The molecule has 6 rings (SSSR count). The van der Waals surface area contributed by atoms with E-state index in [1.54, 1.807) is 13.2 Å². The number of halogens is 2. The van der Waals surface area contributed by atoms with Crippen molar-refractivity contribution >= 4 is 17.9 Å². The number of amides is 1. The van der Waals surface area contributed by atoms with E-state index in [9.17, 15) is 4.79 Å². The molecule has 0 unspecified atom stereocenters. The summed E-state index contributed by atoms with van der Waals surface area (Å²) in [6.07, 6.45) is 2.94. The molecule has 2 aromatic rings. The van der Waals surface area contributed by atoms with Crippen molar-refractivity contribution in [2.45, 2.75) is 50.6 Å². The zero-order valence-electron chi connectivity index (χ0n) is 18.9. The Morgan fingerprint density at radius 2 is 2.00 bits per heavy atom. The molecule has 33 heavy (non-hydrogen) atoms. The number of hydrogen-bond acceptors (Lipinski definition) is 5. The summed E-state index contributed by atoms with van der Waals surface area (Å²) in [6, 6.07) is 11.6. The molecule has 0 spiro atoms. The van der Waals surface area contributed by atoms with Gasteiger partial charge < -0.3 is 9.64 Å². The summed E-state index contributed by atoms with van der Waals surface area (Å²) in [6.45, 7) is 1.41. The fourth-order valence-electron chi connectivity index (χ4n) is 5.53. The minimum absolute atomic E-state index is 0.0777. The molecule has 5 nitrogen and oxygen atoms in total. The Balaban J connectivity index is 1.43. The van der Waals surface area contributed by atoms with Gasteiger partial charge in [0.15, 0.2) is 0 Å². The molecule has 8 heteroatoms. The molecule has 3 aliphatic carbocycles. The second kappa shape index (κ2) is 8.55. The molecule has 2 bridgehead atoms. The van der Waals surface area contributed by atoms with E-state index in [0.717, 1.165) is 36.1 Å². The Bertz CT molecular complexity index is 1030. The van der Waals surface area contributed by atoms with E-state index in [0.29, 0.717) is 24.0 Å². The lowest BCUT2D eigenvalue weighted by atomic mass is 9.44. The molecule has 176 valence electrons.